The molecule has 0 amide bonds. The van der Waals surface area contributed by atoms with Crippen LogP contribution in [0.5, 0.6) is 0 Å². The molecular weight excluding hydrogens is 957 g/mol. The minimum Gasteiger partial charge on any atom is -0.346 e. The molecule has 0 radical (unpaired) electrons. The molecule has 0 unspecified atom stereocenters. The van der Waals surface area contributed by atoms with Crippen molar-refractivity contribution in [1.29, 1.82) is 0 Å². The van der Waals surface area contributed by atoms with E-state index >= 15 is 0 Å². The van der Waals surface area contributed by atoms with E-state index in [1.807, 2.05) is 72.8 Å². The van der Waals surface area contributed by atoms with E-state index in [1.165, 1.54) is 80.4 Å². The first-order valence-electron chi connectivity index (χ1n) is 27.3. The Hall–Kier alpha value is -8.92. The lowest BCUT2D eigenvalue weighted by atomic mass is 9.96. The van der Waals surface area contributed by atoms with Gasteiger partial charge in [0.25, 0.3) is 0 Å². The van der Waals surface area contributed by atoms with Crippen molar-refractivity contribution in [3.63, 3.8) is 0 Å². The van der Waals surface area contributed by atoms with Crippen LogP contribution in [0.15, 0.2) is 218 Å². The van der Waals surface area contributed by atoms with Gasteiger partial charge < -0.3 is 9.13 Å². The molecule has 77 heavy (non-hydrogen) atoms. The number of hydrogen-bond acceptors (Lipinski definition) is 6. The Labute approximate surface area is 449 Å². The number of aromatic nitrogens is 8. The molecule has 2 aliphatic rings. The van der Waals surface area contributed by atoms with Crippen LogP contribution in [0.2, 0.25) is 0 Å². The van der Waals surface area contributed by atoms with Crippen molar-refractivity contribution in [2.75, 3.05) is 0 Å². The number of para-hydroxylation sites is 2. The van der Waals surface area contributed by atoms with Gasteiger partial charge in [0.1, 0.15) is 0 Å². The van der Waals surface area contributed by atoms with E-state index < -0.39 is 8.07 Å². The summed E-state index contributed by atoms with van der Waals surface area (Å²) >= 11 is 0. The van der Waals surface area contributed by atoms with Gasteiger partial charge in [-0.15, -0.1) is 0 Å². The topological polar surface area (TPSA) is 87.2 Å². The Balaban J connectivity index is 0.986. The highest BCUT2D eigenvalue weighted by molar-refractivity contribution is 7.00. The smallest absolute Gasteiger partial charge is 0.164 e. The van der Waals surface area contributed by atoms with Gasteiger partial charge in [-0.1, -0.05) is 217 Å². The average Bonchev–Trinajstić information content (AvgIpc) is 4.01. The van der Waals surface area contributed by atoms with Gasteiger partial charge in [-0.05, 0) is 74.6 Å². The Kier molecular flexibility index (Phi) is 12.1. The van der Waals surface area contributed by atoms with Crippen molar-refractivity contribution in [2.45, 2.75) is 63.7 Å². The van der Waals surface area contributed by atoms with Crippen LogP contribution >= 0.6 is 0 Å². The summed E-state index contributed by atoms with van der Waals surface area (Å²) in [6.45, 7) is 0. The van der Waals surface area contributed by atoms with E-state index in [4.69, 9.17) is 29.9 Å². The van der Waals surface area contributed by atoms with Crippen molar-refractivity contribution in [3.8, 4) is 68.3 Å². The van der Waals surface area contributed by atoms with E-state index in [1.54, 1.807) is 0 Å². The van der Waals surface area contributed by atoms with Crippen LogP contribution in [0.4, 0.5) is 0 Å². The molecule has 372 valence electrons. The molecular formula is C68H56N8Si. The van der Waals surface area contributed by atoms with Crippen molar-refractivity contribution in [1.82, 2.24) is 39.0 Å². The molecule has 0 saturated carbocycles. The molecule has 8 aromatic carbocycles. The lowest BCUT2D eigenvalue weighted by Gasteiger charge is -2.36. The van der Waals surface area contributed by atoms with Crippen molar-refractivity contribution in [3.05, 3.63) is 241 Å². The number of aryl methyl sites for hydroxylation is 2. The van der Waals surface area contributed by atoms with Crippen molar-refractivity contribution in [2.24, 2.45) is 0 Å². The van der Waals surface area contributed by atoms with Gasteiger partial charge in [0.2, 0.25) is 0 Å². The third-order valence-corrected chi connectivity index (χ3v) is 20.8. The molecule has 0 N–H and O–H groups in total. The summed E-state index contributed by atoms with van der Waals surface area (Å²) in [4.78, 5) is 30.8. The zero-order valence-corrected chi connectivity index (χ0v) is 43.9. The quantitative estimate of drug-likeness (QED) is 0.113. The summed E-state index contributed by atoms with van der Waals surface area (Å²) in [5.74, 6) is 3.92. The summed E-state index contributed by atoms with van der Waals surface area (Å²) in [5.41, 5.74) is 14.4. The van der Waals surface area contributed by atoms with Gasteiger partial charge in [-0.2, -0.15) is 0 Å². The fraction of sp³-hybridized carbons (Fsp3) is 0.147. The predicted octanol–water partition coefficient (Wildman–Crippen LogP) is 13.8. The SMILES string of the molecule is c1ccc(-c2nc(-c3ccccc3)nc(-c3ccc([Si](Cn4c5c(c6ccccc64)CCCC5)(Cn4c5c(c6ccccc64)CCCC5)c4ccc(-c5nc(-c6ccccc6)nc(-c6ccccc6)n5)cc4)cc3)n2)cc1. The maximum atomic E-state index is 5.19. The number of nitrogens with zero attached hydrogens (tertiary/aromatic N) is 8. The Morgan fingerprint density at radius 3 is 0.883 bits per heavy atom. The molecule has 4 aromatic heterocycles. The van der Waals surface area contributed by atoms with E-state index in [0.29, 0.717) is 34.9 Å². The van der Waals surface area contributed by atoms with Gasteiger partial charge in [-0.25, -0.2) is 29.9 Å². The summed E-state index contributed by atoms with van der Waals surface area (Å²) in [6, 6.07) is 78.2. The van der Waals surface area contributed by atoms with Crippen LogP contribution in [0.25, 0.3) is 90.1 Å². The molecule has 12 aromatic rings. The molecule has 0 bridgehead atoms. The van der Waals surface area contributed by atoms with Crippen LogP contribution in [0, 0.1) is 0 Å². The van der Waals surface area contributed by atoms with Crippen LogP contribution in [-0.2, 0) is 38.0 Å². The Morgan fingerprint density at radius 2 is 0.558 bits per heavy atom. The number of fused-ring (bicyclic) bond motifs is 6. The second-order valence-corrected chi connectivity index (χ2v) is 24.7. The predicted molar refractivity (Wildman–Crippen MR) is 314 cm³/mol. The molecule has 9 heteroatoms. The van der Waals surface area contributed by atoms with Gasteiger partial charge >= 0.3 is 0 Å². The summed E-state index contributed by atoms with van der Waals surface area (Å²) in [7, 11) is -2.99. The van der Waals surface area contributed by atoms with Crippen LogP contribution in [0.1, 0.15) is 48.2 Å². The van der Waals surface area contributed by atoms with E-state index in [9.17, 15) is 0 Å². The standard InChI is InChI=1S/C68H56N8Si/c1-5-21-47(22-6-1)63-69-64(48-23-7-2-8-24-48)72-67(71-63)51-37-41-53(42-38-51)77(45-75-59-33-17-13-29-55(59)56-30-14-18-34-60(56)75,46-76-61-35-19-15-31-57(61)58-32-16-20-36-62(58)76)54-43-39-52(40-44-54)68-73-65(49-25-9-3-10-26-49)70-66(74-68)50-27-11-4-12-28-50/h1-13,15,17,19,21-29,31,33,35,37-44H,14,16,18,20,30,32,34,36,45-46H2. The van der Waals surface area contributed by atoms with Gasteiger partial charge in [0.05, 0.1) is 0 Å². The number of rotatable bonds is 12. The zero-order valence-electron chi connectivity index (χ0n) is 42.9. The molecule has 0 spiro atoms. The number of hydrogen-bond donors (Lipinski definition) is 0. The first-order chi connectivity index (χ1) is 38.1. The average molecular weight is 1010 g/mol. The highest BCUT2D eigenvalue weighted by atomic mass is 28.3. The lowest BCUT2D eigenvalue weighted by Crippen LogP contribution is -2.64. The zero-order chi connectivity index (χ0) is 51.1. The molecule has 14 rings (SSSR count). The fourth-order valence-corrected chi connectivity index (χ4v) is 17.0. The van der Waals surface area contributed by atoms with Crippen LogP contribution in [-0.4, -0.2) is 47.1 Å². The minimum atomic E-state index is -2.99. The highest BCUT2D eigenvalue weighted by Crippen LogP contribution is 2.37. The molecule has 0 atom stereocenters. The maximum Gasteiger partial charge on any atom is 0.164 e. The van der Waals surface area contributed by atoms with Crippen LogP contribution in [0.3, 0.4) is 0 Å². The van der Waals surface area contributed by atoms with E-state index in [2.05, 4.69) is 155 Å². The summed E-state index contributed by atoms with van der Waals surface area (Å²) in [6.07, 6.45) is 10.9. The van der Waals surface area contributed by atoms with E-state index in [0.717, 1.165) is 71.4 Å². The molecule has 8 nitrogen and oxygen atoms in total. The molecule has 0 saturated heterocycles. The number of benzene rings is 8. The molecule has 0 fully saturated rings. The van der Waals surface area contributed by atoms with Crippen molar-refractivity contribution >= 4 is 40.3 Å². The third-order valence-electron chi connectivity index (χ3n) is 16.2. The molecule has 0 aliphatic heterocycles. The van der Waals surface area contributed by atoms with Crippen molar-refractivity contribution < 1.29 is 0 Å². The summed E-state index contributed by atoms with van der Waals surface area (Å²) < 4.78 is 5.54. The van der Waals surface area contributed by atoms with Gasteiger partial charge in [-0.3, -0.25) is 0 Å². The maximum absolute atomic E-state index is 5.19. The lowest BCUT2D eigenvalue weighted by molar-refractivity contribution is 0.636. The van der Waals surface area contributed by atoms with Gasteiger partial charge in [0, 0.05) is 78.9 Å². The Bertz CT molecular complexity index is 3700. The second-order valence-electron chi connectivity index (χ2n) is 20.8. The first-order valence-corrected chi connectivity index (χ1v) is 29.7. The van der Waals surface area contributed by atoms with Crippen LogP contribution < -0.4 is 10.4 Å². The normalized spacial score (nSPS) is 13.4. The first kappa shape index (κ1) is 46.6. The van der Waals surface area contributed by atoms with E-state index in [-0.39, 0.29) is 0 Å². The Morgan fingerprint density at radius 1 is 0.286 bits per heavy atom. The third kappa shape index (κ3) is 8.66. The highest BCUT2D eigenvalue weighted by Gasteiger charge is 2.42. The minimum absolute atomic E-state index is 0.652. The fourth-order valence-electron chi connectivity index (χ4n) is 12.4. The summed E-state index contributed by atoms with van der Waals surface area (Å²) in [5, 5.41) is 5.52. The second kappa shape index (κ2) is 20.0. The monoisotopic (exact) mass is 1010 g/mol. The largest absolute Gasteiger partial charge is 0.346 e. The molecule has 4 heterocycles. The van der Waals surface area contributed by atoms with Gasteiger partial charge in [0.15, 0.2) is 43.0 Å². The molecule has 2 aliphatic carbocycles.